The summed E-state index contributed by atoms with van der Waals surface area (Å²) in [6, 6.07) is 12.4. The van der Waals surface area contributed by atoms with Crippen LogP contribution in [0.3, 0.4) is 0 Å². The van der Waals surface area contributed by atoms with Crippen molar-refractivity contribution in [2.75, 3.05) is 13.1 Å². The van der Waals surface area contributed by atoms with Gasteiger partial charge in [-0.3, -0.25) is 19.4 Å². The number of carbonyl (C=O) groups is 3. The highest BCUT2D eigenvalue weighted by atomic mass is 16.2. The van der Waals surface area contributed by atoms with Crippen molar-refractivity contribution >= 4 is 28.6 Å². The number of aryl methyl sites for hydroxylation is 1. The van der Waals surface area contributed by atoms with E-state index >= 15 is 0 Å². The van der Waals surface area contributed by atoms with Gasteiger partial charge in [-0.2, -0.15) is 0 Å². The Bertz CT molecular complexity index is 1270. The SMILES string of the molecule is CCc1ccc(C(=O)N2C[C@@H]3C[C@H]2CN3C(=O)[C@@H](NC(=O)c2cc3ccccc3[nH]2)C(C)(C)C)nc1. The van der Waals surface area contributed by atoms with E-state index in [4.69, 9.17) is 0 Å². The van der Waals surface area contributed by atoms with Crippen molar-refractivity contribution in [2.45, 2.75) is 58.7 Å². The van der Waals surface area contributed by atoms with Crippen LogP contribution < -0.4 is 5.32 Å². The monoisotopic (exact) mass is 487 g/mol. The summed E-state index contributed by atoms with van der Waals surface area (Å²) in [5.74, 6) is -0.490. The molecule has 36 heavy (non-hydrogen) atoms. The maximum atomic E-state index is 13.7. The zero-order valence-electron chi connectivity index (χ0n) is 21.2. The minimum Gasteiger partial charge on any atom is -0.351 e. The number of carbonyl (C=O) groups excluding carboxylic acids is 3. The molecule has 188 valence electrons. The molecule has 0 saturated carbocycles. The molecule has 3 aromatic rings. The third-order valence-corrected chi connectivity index (χ3v) is 7.40. The first-order chi connectivity index (χ1) is 17.2. The first kappa shape index (κ1) is 24.0. The molecule has 8 nitrogen and oxygen atoms in total. The number of piperazine rings is 1. The quantitative estimate of drug-likeness (QED) is 0.576. The van der Waals surface area contributed by atoms with Crippen molar-refractivity contribution in [1.29, 1.82) is 0 Å². The molecule has 0 spiro atoms. The van der Waals surface area contributed by atoms with Crippen molar-refractivity contribution in [1.82, 2.24) is 25.1 Å². The minimum atomic E-state index is -0.692. The van der Waals surface area contributed by atoms with E-state index < -0.39 is 11.5 Å². The van der Waals surface area contributed by atoms with Crippen LogP contribution in [0.4, 0.5) is 0 Å². The molecular formula is C28H33N5O3. The first-order valence-corrected chi connectivity index (χ1v) is 12.6. The summed E-state index contributed by atoms with van der Waals surface area (Å²) < 4.78 is 0. The normalized spacial score (nSPS) is 20.1. The second kappa shape index (κ2) is 9.08. The minimum absolute atomic E-state index is 0.0378. The second-order valence-corrected chi connectivity index (χ2v) is 10.9. The number of amides is 3. The molecule has 8 heteroatoms. The van der Waals surface area contributed by atoms with Crippen molar-refractivity contribution in [3.05, 3.63) is 65.6 Å². The van der Waals surface area contributed by atoms with Crippen molar-refractivity contribution in [3.8, 4) is 0 Å². The van der Waals surface area contributed by atoms with Crippen LogP contribution in [0.25, 0.3) is 10.9 Å². The van der Waals surface area contributed by atoms with Gasteiger partial charge < -0.3 is 20.1 Å². The molecular weight excluding hydrogens is 454 g/mol. The van der Waals surface area contributed by atoms with Gasteiger partial charge in [0, 0.05) is 30.2 Å². The standard InChI is InChI=1S/C28H33N5O3/c1-5-17-10-11-22(29-14-17)26(35)32-15-20-13-19(32)16-33(20)27(36)24(28(2,3)4)31-25(34)23-12-18-8-6-7-9-21(18)30-23/h6-12,14,19-20,24,30H,5,13,15-16H2,1-4H3,(H,31,34)/t19-,20-,24+/m0/s1. The zero-order chi connectivity index (χ0) is 25.6. The molecule has 2 N–H and O–H groups in total. The van der Waals surface area contributed by atoms with Gasteiger partial charge in [0.05, 0.1) is 12.1 Å². The third-order valence-electron chi connectivity index (χ3n) is 7.40. The Kier molecular flexibility index (Phi) is 6.06. The van der Waals surface area contributed by atoms with Gasteiger partial charge in [0.2, 0.25) is 5.91 Å². The van der Waals surface area contributed by atoms with E-state index in [2.05, 4.69) is 22.2 Å². The molecule has 2 saturated heterocycles. The third kappa shape index (κ3) is 4.36. The molecule has 1 aromatic carbocycles. The molecule has 3 amide bonds. The van der Waals surface area contributed by atoms with Crippen LogP contribution in [-0.2, 0) is 11.2 Å². The van der Waals surface area contributed by atoms with E-state index in [9.17, 15) is 14.4 Å². The largest absolute Gasteiger partial charge is 0.351 e. The average molecular weight is 488 g/mol. The Morgan fingerprint density at radius 3 is 2.42 bits per heavy atom. The summed E-state index contributed by atoms with van der Waals surface area (Å²) >= 11 is 0. The van der Waals surface area contributed by atoms with Crippen LogP contribution in [-0.4, -0.2) is 68.7 Å². The smallest absolute Gasteiger partial charge is 0.272 e. The fourth-order valence-corrected chi connectivity index (χ4v) is 5.31. The van der Waals surface area contributed by atoms with E-state index in [1.807, 2.05) is 60.9 Å². The van der Waals surface area contributed by atoms with Gasteiger partial charge in [-0.1, -0.05) is 52.0 Å². The van der Waals surface area contributed by atoms with Crippen molar-refractivity contribution in [2.24, 2.45) is 5.41 Å². The van der Waals surface area contributed by atoms with Crippen LogP contribution in [0.2, 0.25) is 0 Å². The molecule has 2 bridgehead atoms. The van der Waals surface area contributed by atoms with E-state index in [0.717, 1.165) is 29.3 Å². The zero-order valence-corrected chi connectivity index (χ0v) is 21.2. The lowest BCUT2D eigenvalue weighted by molar-refractivity contribution is -0.138. The Morgan fingerprint density at radius 2 is 1.81 bits per heavy atom. The predicted octanol–water partition coefficient (Wildman–Crippen LogP) is 3.40. The number of aromatic nitrogens is 2. The van der Waals surface area contributed by atoms with E-state index in [1.54, 1.807) is 18.3 Å². The number of nitrogens with zero attached hydrogens (tertiary/aromatic N) is 3. The van der Waals surface area contributed by atoms with Crippen molar-refractivity contribution in [3.63, 3.8) is 0 Å². The molecule has 0 aliphatic carbocycles. The molecule has 4 heterocycles. The number of nitrogens with one attached hydrogen (secondary N) is 2. The molecule has 3 atom stereocenters. The molecule has 5 rings (SSSR count). The number of pyridine rings is 1. The molecule has 2 aliphatic heterocycles. The highest BCUT2D eigenvalue weighted by molar-refractivity contribution is 6.00. The number of hydrogen-bond donors (Lipinski definition) is 2. The van der Waals surface area contributed by atoms with Gasteiger partial charge in [0.15, 0.2) is 0 Å². The van der Waals surface area contributed by atoms with Crippen LogP contribution >= 0.6 is 0 Å². The summed E-state index contributed by atoms with van der Waals surface area (Å²) in [5.41, 5.74) is 2.35. The van der Waals surface area contributed by atoms with E-state index in [0.29, 0.717) is 24.5 Å². The second-order valence-electron chi connectivity index (χ2n) is 10.9. The molecule has 2 fully saturated rings. The Morgan fingerprint density at radius 1 is 1.08 bits per heavy atom. The average Bonchev–Trinajstić information content (AvgIpc) is 3.59. The topological polar surface area (TPSA) is 98.4 Å². The first-order valence-electron chi connectivity index (χ1n) is 12.6. The number of para-hydroxylation sites is 1. The lowest BCUT2D eigenvalue weighted by Gasteiger charge is -2.39. The van der Waals surface area contributed by atoms with Crippen molar-refractivity contribution < 1.29 is 14.4 Å². The predicted molar refractivity (Wildman–Crippen MR) is 138 cm³/mol. The number of benzene rings is 1. The Labute approximate surface area is 211 Å². The summed E-state index contributed by atoms with van der Waals surface area (Å²) in [6.07, 6.45) is 3.37. The molecule has 0 radical (unpaired) electrons. The van der Waals surface area contributed by atoms with Crippen LogP contribution in [0.1, 0.15) is 60.7 Å². The lowest BCUT2D eigenvalue weighted by Crippen LogP contribution is -2.59. The highest BCUT2D eigenvalue weighted by Gasteiger charge is 2.50. The van der Waals surface area contributed by atoms with Gasteiger partial charge in [-0.25, -0.2) is 0 Å². The summed E-state index contributed by atoms with van der Waals surface area (Å²) in [5, 5.41) is 3.94. The fraction of sp³-hybridized carbons (Fsp3) is 0.429. The lowest BCUT2D eigenvalue weighted by atomic mass is 9.85. The highest BCUT2D eigenvalue weighted by Crippen LogP contribution is 2.34. The Balaban J connectivity index is 1.28. The number of hydrogen-bond acceptors (Lipinski definition) is 4. The summed E-state index contributed by atoms with van der Waals surface area (Å²) in [7, 11) is 0. The molecule has 0 unspecified atom stereocenters. The number of H-pyrrole nitrogens is 1. The summed E-state index contributed by atoms with van der Waals surface area (Å²) in [6.45, 7) is 8.87. The van der Waals surface area contributed by atoms with E-state index in [-0.39, 0.29) is 29.8 Å². The number of aromatic amines is 1. The van der Waals surface area contributed by atoms with Crippen LogP contribution in [0, 0.1) is 5.41 Å². The fourth-order valence-electron chi connectivity index (χ4n) is 5.31. The van der Waals surface area contributed by atoms with Gasteiger partial charge in [0.25, 0.3) is 11.8 Å². The number of likely N-dealkylation sites (tertiary alicyclic amines) is 2. The van der Waals surface area contributed by atoms with Gasteiger partial charge in [-0.05, 0) is 42.0 Å². The number of fused-ring (bicyclic) bond motifs is 3. The molecule has 2 aliphatic rings. The maximum Gasteiger partial charge on any atom is 0.272 e. The van der Waals surface area contributed by atoms with E-state index in [1.165, 1.54) is 0 Å². The Hall–Kier alpha value is -3.68. The van der Waals surface area contributed by atoms with Gasteiger partial charge in [0.1, 0.15) is 17.4 Å². The molecule has 2 aromatic heterocycles. The maximum absolute atomic E-state index is 13.7. The number of rotatable bonds is 5. The van der Waals surface area contributed by atoms with Gasteiger partial charge in [-0.15, -0.1) is 0 Å². The van der Waals surface area contributed by atoms with Gasteiger partial charge >= 0.3 is 0 Å². The summed E-state index contributed by atoms with van der Waals surface area (Å²) in [4.78, 5) is 51.1. The van der Waals surface area contributed by atoms with Crippen LogP contribution in [0.5, 0.6) is 0 Å². The van der Waals surface area contributed by atoms with Crippen LogP contribution in [0.15, 0.2) is 48.7 Å².